The van der Waals surface area contributed by atoms with Crippen LogP contribution in [0.5, 0.6) is 5.88 Å². The topological polar surface area (TPSA) is 116 Å². The maximum atomic E-state index is 11.7. The van der Waals surface area contributed by atoms with Gasteiger partial charge in [-0.25, -0.2) is 14.2 Å². The molecule has 0 amide bonds. The number of hydrogen-bond donors (Lipinski definition) is 2. The fraction of sp³-hybridized carbons (Fsp3) is 0.217. The van der Waals surface area contributed by atoms with E-state index in [0.717, 1.165) is 54.3 Å². The molecule has 4 aromatic rings. The third-order valence-electron chi connectivity index (χ3n) is 5.70. The Bertz CT molecular complexity index is 1330. The van der Waals surface area contributed by atoms with E-state index in [1.54, 1.807) is 12.3 Å². The lowest BCUT2D eigenvalue weighted by Crippen LogP contribution is -2.36. The quantitative estimate of drug-likeness (QED) is 0.432. The fourth-order valence-corrected chi connectivity index (χ4v) is 4.56. The monoisotopic (exact) mass is 465 g/mol. The lowest BCUT2D eigenvalue weighted by Gasteiger charge is -2.29. The standard InChI is InChI=1S/C23H23N5O4S/c1-31-22-21(33(29)30)13-16(14-25-22)15-2-7-19-20(12-15)28(23(24)26-19)18-5-3-17(4-6-18)27-8-10-32-11-9-27/h2-7,12-14H,8-11H2,1H3,(H2,24,26)(H,29,30). The minimum atomic E-state index is -2.22. The molecular formula is C23H23N5O4S. The van der Waals surface area contributed by atoms with Crippen molar-refractivity contribution in [2.75, 3.05) is 44.0 Å². The fourth-order valence-electron chi connectivity index (χ4n) is 4.05. The van der Waals surface area contributed by atoms with Gasteiger partial charge in [0.1, 0.15) is 4.90 Å². The van der Waals surface area contributed by atoms with Crippen molar-refractivity contribution in [3.05, 3.63) is 54.7 Å². The third-order valence-corrected chi connectivity index (χ3v) is 6.37. The zero-order chi connectivity index (χ0) is 22.9. The smallest absolute Gasteiger partial charge is 0.232 e. The highest BCUT2D eigenvalue weighted by Gasteiger charge is 2.16. The van der Waals surface area contributed by atoms with E-state index in [4.69, 9.17) is 15.2 Å². The highest BCUT2D eigenvalue weighted by molar-refractivity contribution is 7.79. The number of fused-ring (bicyclic) bond motifs is 1. The van der Waals surface area contributed by atoms with E-state index in [0.29, 0.717) is 11.5 Å². The minimum absolute atomic E-state index is 0.113. The van der Waals surface area contributed by atoms with Crippen molar-refractivity contribution < 1.29 is 18.2 Å². The number of hydrogen-bond acceptors (Lipinski definition) is 7. The van der Waals surface area contributed by atoms with Gasteiger partial charge < -0.3 is 24.7 Å². The molecule has 33 heavy (non-hydrogen) atoms. The van der Waals surface area contributed by atoms with Crippen LogP contribution >= 0.6 is 0 Å². The van der Waals surface area contributed by atoms with Crippen LogP contribution in [0.1, 0.15) is 0 Å². The number of morpholine rings is 1. The Morgan fingerprint density at radius 2 is 1.79 bits per heavy atom. The van der Waals surface area contributed by atoms with Crippen molar-refractivity contribution in [1.82, 2.24) is 14.5 Å². The molecule has 1 aliphatic rings. The number of rotatable bonds is 5. The van der Waals surface area contributed by atoms with E-state index < -0.39 is 11.1 Å². The highest BCUT2D eigenvalue weighted by atomic mass is 32.2. The number of aromatic nitrogens is 3. The van der Waals surface area contributed by atoms with Crippen molar-refractivity contribution in [2.24, 2.45) is 0 Å². The maximum absolute atomic E-state index is 11.7. The van der Waals surface area contributed by atoms with Crippen molar-refractivity contribution >= 4 is 33.7 Å². The summed E-state index contributed by atoms with van der Waals surface area (Å²) in [5.74, 6) is 0.501. The molecule has 2 aromatic carbocycles. The van der Waals surface area contributed by atoms with Gasteiger partial charge in [0.2, 0.25) is 11.8 Å². The van der Waals surface area contributed by atoms with Gasteiger partial charge in [0.15, 0.2) is 11.1 Å². The summed E-state index contributed by atoms with van der Waals surface area (Å²) in [6, 6.07) is 15.5. The SMILES string of the molecule is COc1ncc(-c2ccc3nc(N)n(-c4ccc(N5CCOCC5)cc4)c3c2)cc1S(=O)O. The molecule has 0 bridgehead atoms. The average Bonchev–Trinajstić information content (AvgIpc) is 3.19. The molecule has 9 nitrogen and oxygen atoms in total. The number of pyridine rings is 1. The van der Waals surface area contributed by atoms with E-state index in [1.165, 1.54) is 7.11 Å². The Morgan fingerprint density at radius 1 is 1.06 bits per heavy atom. The lowest BCUT2D eigenvalue weighted by atomic mass is 10.1. The second-order valence-corrected chi connectivity index (χ2v) is 8.54. The summed E-state index contributed by atoms with van der Waals surface area (Å²) in [6.07, 6.45) is 1.61. The summed E-state index contributed by atoms with van der Waals surface area (Å²) in [5.41, 5.74) is 11.4. The highest BCUT2D eigenvalue weighted by Crippen LogP contribution is 2.31. The molecule has 1 atom stereocenters. The molecule has 170 valence electrons. The molecule has 3 N–H and O–H groups in total. The predicted octanol–water partition coefficient (Wildman–Crippen LogP) is 3.10. The summed E-state index contributed by atoms with van der Waals surface area (Å²) in [5, 5.41) is 0. The van der Waals surface area contributed by atoms with Gasteiger partial charge in [-0.1, -0.05) is 6.07 Å². The van der Waals surface area contributed by atoms with E-state index >= 15 is 0 Å². The molecule has 2 aromatic heterocycles. The molecule has 10 heteroatoms. The van der Waals surface area contributed by atoms with Crippen LogP contribution in [-0.2, 0) is 15.8 Å². The van der Waals surface area contributed by atoms with Gasteiger partial charge in [-0.2, -0.15) is 0 Å². The average molecular weight is 466 g/mol. The molecule has 0 aliphatic carbocycles. The Morgan fingerprint density at radius 3 is 2.48 bits per heavy atom. The number of nitrogens with zero attached hydrogens (tertiary/aromatic N) is 4. The summed E-state index contributed by atoms with van der Waals surface area (Å²) in [7, 11) is 1.41. The molecule has 1 saturated heterocycles. The molecular weight excluding hydrogens is 442 g/mol. The summed E-state index contributed by atoms with van der Waals surface area (Å²) < 4.78 is 33.7. The molecule has 0 radical (unpaired) electrons. The van der Waals surface area contributed by atoms with Crippen LogP contribution in [0.2, 0.25) is 0 Å². The third kappa shape index (κ3) is 4.04. The number of imidazole rings is 1. The van der Waals surface area contributed by atoms with Gasteiger partial charge in [-0.3, -0.25) is 4.57 Å². The minimum Gasteiger partial charge on any atom is -0.480 e. The van der Waals surface area contributed by atoms with Crippen LogP contribution in [0, 0.1) is 0 Å². The molecule has 1 fully saturated rings. The first-order chi connectivity index (χ1) is 16.0. The number of benzene rings is 2. The zero-order valence-electron chi connectivity index (χ0n) is 18.0. The molecule has 5 rings (SSSR count). The second-order valence-electron chi connectivity index (χ2n) is 7.61. The predicted molar refractivity (Wildman–Crippen MR) is 127 cm³/mol. The van der Waals surface area contributed by atoms with Gasteiger partial charge in [-0.15, -0.1) is 0 Å². The van der Waals surface area contributed by atoms with Crippen LogP contribution in [0.25, 0.3) is 27.8 Å². The second kappa shape index (κ2) is 8.81. The van der Waals surface area contributed by atoms with Crippen LogP contribution in [0.3, 0.4) is 0 Å². The number of nitrogens with two attached hydrogens (primary N) is 1. The van der Waals surface area contributed by atoms with E-state index in [2.05, 4.69) is 27.0 Å². The van der Waals surface area contributed by atoms with Crippen LogP contribution in [0.15, 0.2) is 59.6 Å². The van der Waals surface area contributed by atoms with Crippen molar-refractivity contribution in [3.8, 4) is 22.7 Å². The zero-order valence-corrected chi connectivity index (χ0v) is 18.8. The van der Waals surface area contributed by atoms with Gasteiger partial charge >= 0.3 is 0 Å². The van der Waals surface area contributed by atoms with Crippen LogP contribution in [0.4, 0.5) is 11.6 Å². The number of methoxy groups -OCH3 is 1. The first-order valence-corrected chi connectivity index (χ1v) is 11.5. The molecule has 0 saturated carbocycles. The van der Waals surface area contributed by atoms with Gasteiger partial charge in [0, 0.05) is 36.2 Å². The van der Waals surface area contributed by atoms with Gasteiger partial charge in [0.05, 0.1) is 31.4 Å². The molecule has 3 heterocycles. The Labute approximate surface area is 193 Å². The summed E-state index contributed by atoms with van der Waals surface area (Å²) in [4.78, 5) is 11.1. The Balaban J connectivity index is 1.55. The Kier molecular flexibility index (Phi) is 5.71. The van der Waals surface area contributed by atoms with E-state index in [9.17, 15) is 8.76 Å². The maximum Gasteiger partial charge on any atom is 0.232 e. The number of nitrogen functional groups attached to an aromatic ring is 1. The Hall–Kier alpha value is -3.47. The summed E-state index contributed by atoms with van der Waals surface area (Å²) in [6.45, 7) is 3.20. The van der Waals surface area contributed by atoms with Gasteiger partial charge in [-0.05, 0) is 48.0 Å². The van der Waals surface area contributed by atoms with Crippen LogP contribution < -0.4 is 15.4 Å². The van der Waals surface area contributed by atoms with Crippen molar-refractivity contribution in [1.29, 1.82) is 0 Å². The molecule has 1 aliphatic heterocycles. The summed E-state index contributed by atoms with van der Waals surface area (Å²) >= 11 is -2.22. The first kappa shape index (κ1) is 21.4. The van der Waals surface area contributed by atoms with E-state index in [-0.39, 0.29) is 10.8 Å². The van der Waals surface area contributed by atoms with Crippen molar-refractivity contribution in [2.45, 2.75) is 4.90 Å². The largest absolute Gasteiger partial charge is 0.480 e. The lowest BCUT2D eigenvalue weighted by molar-refractivity contribution is 0.122. The number of anilines is 2. The molecule has 1 unspecified atom stereocenters. The normalized spacial score (nSPS) is 15.0. The van der Waals surface area contributed by atoms with E-state index in [1.807, 2.05) is 34.9 Å². The first-order valence-electron chi connectivity index (χ1n) is 10.4. The molecule has 0 spiro atoms. The van der Waals surface area contributed by atoms with Crippen LogP contribution in [-0.4, -0.2) is 56.7 Å². The number of ether oxygens (including phenoxy) is 2. The van der Waals surface area contributed by atoms with Gasteiger partial charge in [0.25, 0.3) is 0 Å². The van der Waals surface area contributed by atoms with Crippen molar-refractivity contribution in [3.63, 3.8) is 0 Å².